The lowest BCUT2D eigenvalue weighted by atomic mass is 9.92. The first-order chi connectivity index (χ1) is 16.6. The lowest BCUT2D eigenvalue weighted by molar-refractivity contribution is -0.0354. The smallest absolute Gasteiger partial charge is 0.156 e. The number of rotatable bonds is 5. The van der Waals surface area contributed by atoms with Crippen LogP contribution in [-0.4, -0.2) is 42.0 Å². The molecule has 3 aromatic heterocycles. The van der Waals surface area contributed by atoms with E-state index in [1.807, 2.05) is 25.4 Å². The van der Waals surface area contributed by atoms with Crippen molar-refractivity contribution in [2.24, 2.45) is 7.05 Å². The van der Waals surface area contributed by atoms with Gasteiger partial charge in [0.2, 0.25) is 0 Å². The number of fused-ring (bicyclic) bond motifs is 2. The number of benzene rings is 2. The molecule has 2 aromatic carbocycles. The monoisotopic (exact) mass is 456 g/mol. The number of anilines is 2. The SMILES string of the molecule is Cn1cc(-c2cc(O[C@@H]3CC[C@@H]3O)c3c(Nc4ccc5ncccc5c4F)ncnc3c2)cn1. The number of halogens is 1. The number of aliphatic hydroxyl groups is 1. The van der Waals surface area contributed by atoms with E-state index >= 15 is 4.39 Å². The Morgan fingerprint density at radius 1 is 1.09 bits per heavy atom. The molecule has 1 aliphatic rings. The number of hydrogen-bond acceptors (Lipinski definition) is 7. The Bertz CT molecular complexity index is 1540. The fourth-order valence-corrected chi connectivity index (χ4v) is 4.17. The maximum Gasteiger partial charge on any atom is 0.156 e. The van der Waals surface area contributed by atoms with E-state index in [9.17, 15) is 5.11 Å². The summed E-state index contributed by atoms with van der Waals surface area (Å²) in [5.74, 6) is 0.515. The lowest BCUT2D eigenvalue weighted by Crippen LogP contribution is -2.41. The summed E-state index contributed by atoms with van der Waals surface area (Å²) in [5, 5.41) is 18.5. The Labute approximate surface area is 194 Å². The highest BCUT2D eigenvalue weighted by Gasteiger charge is 2.32. The second-order valence-electron chi connectivity index (χ2n) is 8.42. The first-order valence-corrected chi connectivity index (χ1v) is 11.0. The summed E-state index contributed by atoms with van der Waals surface area (Å²) in [6, 6.07) is 10.6. The minimum absolute atomic E-state index is 0.270. The van der Waals surface area contributed by atoms with Crippen molar-refractivity contribution >= 4 is 33.3 Å². The number of aliphatic hydroxyl groups excluding tert-OH is 1. The molecule has 1 aliphatic carbocycles. The summed E-state index contributed by atoms with van der Waals surface area (Å²) in [5.41, 5.74) is 3.25. The van der Waals surface area contributed by atoms with Crippen molar-refractivity contribution in [1.82, 2.24) is 24.7 Å². The van der Waals surface area contributed by atoms with Crippen molar-refractivity contribution in [3.63, 3.8) is 0 Å². The topological polar surface area (TPSA) is 98.0 Å². The molecule has 2 N–H and O–H groups in total. The largest absolute Gasteiger partial charge is 0.487 e. The average Bonchev–Trinajstić information content (AvgIpc) is 3.29. The molecule has 0 spiro atoms. The van der Waals surface area contributed by atoms with Crippen LogP contribution in [0.2, 0.25) is 0 Å². The number of nitrogens with one attached hydrogen (secondary N) is 1. The molecule has 5 aromatic rings. The Kier molecular flexibility index (Phi) is 4.84. The first kappa shape index (κ1) is 20.5. The molecule has 34 heavy (non-hydrogen) atoms. The molecule has 3 heterocycles. The number of aryl methyl sites for hydroxylation is 1. The van der Waals surface area contributed by atoms with Gasteiger partial charge in [-0.3, -0.25) is 9.67 Å². The van der Waals surface area contributed by atoms with E-state index in [-0.39, 0.29) is 11.8 Å². The molecule has 0 saturated heterocycles. The molecule has 2 atom stereocenters. The third kappa shape index (κ3) is 3.50. The Hall–Kier alpha value is -4.11. The minimum atomic E-state index is -0.524. The van der Waals surface area contributed by atoms with Gasteiger partial charge in [0.15, 0.2) is 5.82 Å². The average molecular weight is 456 g/mol. The van der Waals surface area contributed by atoms with Crippen LogP contribution in [0.25, 0.3) is 32.9 Å². The zero-order valence-corrected chi connectivity index (χ0v) is 18.3. The standard InChI is InChI=1S/C25H21FN6O2/c1-32-12-15(11-30-32)14-9-19-23(22(10-14)34-21-7-6-20(21)33)25(29-13-28-19)31-18-5-4-17-16(24(18)26)3-2-8-27-17/h2-5,8-13,20-21,33H,6-7H2,1H3,(H,28,29,31)/t20-,21+/m0/s1. The van der Waals surface area contributed by atoms with Crippen molar-refractivity contribution in [3.8, 4) is 16.9 Å². The van der Waals surface area contributed by atoms with Gasteiger partial charge in [0.25, 0.3) is 0 Å². The van der Waals surface area contributed by atoms with Gasteiger partial charge in [0, 0.05) is 30.4 Å². The fourth-order valence-electron chi connectivity index (χ4n) is 4.17. The van der Waals surface area contributed by atoms with Crippen LogP contribution in [0.15, 0.2) is 61.3 Å². The van der Waals surface area contributed by atoms with Crippen molar-refractivity contribution in [2.75, 3.05) is 5.32 Å². The molecular formula is C25H21FN6O2. The number of pyridine rings is 1. The predicted molar refractivity (Wildman–Crippen MR) is 126 cm³/mol. The van der Waals surface area contributed by atoms with Gasteiger partial charge in [-0.05, 0) is 54.8 Å². The van der Waals surface area contributed by atoms with Gasteiger partial charge >= 0.3 is 0 Å². The number of ether oxygens (including phenoxy) is 1. The molecule has 0 amide bonds. The lowest BCUT2D eigenvalue weighted by Gasteiger charge is -2.33. The van der Waals surface area contributed by atoms with Crippen LogP contribution in [-0.2, 0) is 7.05 Å². The van der Waals surface area contributed by atoms with E-state index in [0.29, 0.717) is 39.8 Å². The zero-order chi connectivity index (χ0) is 23.2. The molecule has 9 heteroatoms. The number of hydrogen-bond donors (Lipinski definition) is 2. The molecule has 1 fully saturated rings. The molecule has 0 bridgehead atoms. The Morgan fingerprint density at radius 3 is 2.76 bits per heavy atom. The summed E-state index contributed by atoms with van der Waals surface area (Å²) < 4.78 is 23.2. The highest BCUT2D eigenvalue weighted by molar-refractivity contribution is 5.99. The second kappa shape index (κ2) is 8.03. The van der Waals surface area contributed by atoms with Gasteiger partial charge in [0.05, 0.1) is 34.4 Å². The highest BCUT2D eigenvalue weighted by Crippen LogP contribution is 2.39. The zero-order valence-electron chi connectivity index (χ0n) is 18.3. The molecule has 6 rings (SSSR count). The van der Waals surface area contributed by atoms with Crippen molar-refractivity contribution < 1.29 is 14.2 Å². The van der Waals surface area contributed by atoms with Crippen molar-refractivity contribution in [1.29, 1.82) is 0 Å². The van der Waals surface area contributed by atoms with Crippen LogP contribution in [0.5, 0.6) is 5.75 Å². The summed E-state index contributed by atoms with van der Waals surface area (Å²) in [4.78, 5) is 13.1. The second-order valence-corrected chi connectivity index (χ2v) is 8.42. The van der Waals surface area contributed by atoms with Crippen LogP contribution in [0.3, 0.4) is 0 Å². The van der Waals surface area contributed by atoms with Gasteiger partial charge in [0.1, 0.15) is 24.0 Å². The van der Waals surface area contributed by atoms with E-state index in [1.165, 1.54) is 6.33 Å². The summed E-state index contributed by atoms with van der Waals surface area (Å²) >= 11 is 0. The van der Waals surface area contributed by atoms with Gasteiger partial charge < -0.3 is 15.2 Å². The van der Waals surface area contributed by atoms with Crippen LogP contribution in [0.1, 0.15) is 12.8 Å². The van der Waals surface area contributed by atoms with E-state index in [2.05, 4.69) is 25.4 Å². The van der Waals surface area contributed by atoms with Gasteiger partial charge in [-0.1, -0.05) is 0 Å². The summed E-state index contributed by atoms with van der Waals surface area (Å²) in [6.07, 6.45) is 7.34. The van der Waals surface area contributed by atoms with E-state index in [4.69, 9.17) is 4.74 Å². The van der Waals surface area contributed by atoms with Crippen LogP contribution in [0, 0.1) is 5.82 Å². The molecule has 8 nitrogen and oxygen atoms in total. The Balaban J connectivity index is 1.49. The maximum atomic E-state index is 15.2. The maximum absolute atomic E-state index is 15.2. The van der Waals surface area contributed by atoms with E-state index in [1.54, 1.807) is 41.3 Å². The summed E-state index contributed by atoms with van der Waals surface area (Å²) in [6.45, 7) is 0. The predicted octanol–water partition coefficient (Wildman–Crippen LogP) is 4.36. The highest BCUT2D eigenvalue weighted by atomic mass is 19.1. The fraction of sp³-hybridized carbons (Fsp3) is 0.200. The molecule has 0 radical (unpaired) electrons. The third-order valence-corrected chi connectivity index (χ3v) is 6.17. The molecule has 1 saturated carbocycles. The first-order valence-electron chi connectivity index (χ1n) is 11.0. The number of aromatic nitrogens is 5. The van der Waals surface area contributed by atoms with Gasteiger partial charge in [-0.2, -0.15) is 5.10 Å². The third-order valence-electron chi connectivity index (χ3n) is 6.17. The minimum Gasteiger partial charge on any atom is -0.487 e. The molecular weight excluding hydrogens is 435 g/mol. The van der Waals surface area contributed by atoms with Crippen LogP contribution < -0.4 is 10.1 Å². The van der Waals surface area contributed by atoms with Crippen molar-refractivity contribution in [3.05, 3.63) is 67.1 Å². The van der Waals surface area contributed by atoms with Gasteiger partial charge in [-0.15, -0.1) is 0 Å². The Morgan fingerprint density at radius 2 is 2.00 bits per heavy atom. The van der Waals surface area contributed by atoms with Crippen LogP contribution >= 0.6 is 0 Å². The van der Waals surface area contributed by atoms with Gasteiger partial charge in [-0.25, -0.2) is 14.4 Å². The van der Waals surface area contributed by atoms with E-state index in [0.717, 1.165) is 17.5 Å². The number of nitrogens with zero attached hydrogens (tertiary/aromatic N) is 5. The quantitative estimate of drug-likeness (QED) is 0.405. The molecule has 0 aliphatic heterocycles. The normalized spacial score (nSPS) is 17.6. The van der Waals surface area contributed by atoms with E-state index < -0.39 is 11.9 Å². The van der Waals surface area contributed by atoms with Crippen molar-refractivity contribution in [2.45, 2.75) is 25.0 Å². The molecule has 170 valence electrons. The molecule has 0 unspecified atom stereocenters. The summed E-state index contributed by atoms with van der Waals surface area (Å²) in [7, 11) is 1.85. The van der Waals surface area contributed by atoms with Crippen LogP contribution in [0.4, 0.5) is 15.9 Å².